The number of amides is 1. The van der Waals surface area contributed by atoms with Crippen molar-refractivity contribution in [3.63, 3.8) is 0 Å². The van der Waals surface area contributed by atoms with Crippen molar-refractivity contribution in [1.29, 1.82) is 0 Å². The first-order valence-corrected chi connectivity index (χ1v) is 8.23. The second-order valence-corrected chi connectivity index (χ2v) is 7.88. The quantitative estimate of drug-likeness (QED) is 0.676. The predicted molar refractivity (Wildman–Crippen MR) is 91.0 cm³/mol. The van der Waals surface area contributed by atoms with E-state index in [1.165, 1.54) is 4.88 Å². The Labute approximate surface area is 136 Å². The van der Waals surface area contributed by atoms with Gasteiger partial charge in [0.15, 0.2) is 0 Å². The van der Waals surface area contributed by atoms with Crippen molar-refractivity contribution in [2.24, 2.45) is 5.18 Å². The van der Waals surface area contributed by atoms with Gasteiger partial charge in [0.1, 0.15) is 5.69 Å². The van der Waals surface area contributed by atoms with Gasteiger partial charge in [-0.05, 0) is 42.5 Å². The highest BCUT2D eigenvalue weighted by molar-refractivity contribution is 7.12. The van der Waals surface area contributed by atoms with E-state index in [0.29, 0.717) is 5.56 Å². The number of nitroso groups, excluding NO2 is 1. The van der Waals surface area contributed by atoms with Gasteiger partial charge in [-0.2, -0.15) is 0 Å². The van der Waals surface area contributed by atoms with Crippen LogP contribution >= 0.6 is 11.3 Å². The van der Waals surface area contributed by atoms with Gasteiger partial charge < -0.3 is 4.98 Å². The lowest BCUT2D eigenvalue weighted by atomic mass is 9.75. The molecule has 3 aromatic rings. The Hall–Kier alpha value is -2.34. The number of rotatable bonds is 1. The van der Waals surface area contributed by atoms with Gasteiger partial charge in [0.2, 0.25) is 0 Å². The smallest absolute Gasteiger partial charge is 0.316 e. The summed E-state index contributed by atoms with van der Waals surface area (Å²) >= 11 is 1.74. The molecule has 0 unspecified atom stereocenters. The zero-order chi connectivity index (χ0) is 16.4. The van der Waals surface area contributed by atoms with Crippen LogP contribution in [0.1, 0.15) is 39.7 Å². The summed E-state index contributed by atoms with van der Waals surface area (Å²) in [6.45, 7) is 6.41. The van der Waals surface area contributed by atoms with Crippen LogP contribution in [0.4, 0.5) is 0 Å². The highest BCUT2D eigenvalue weighted by Gasteiger charge is 2.36. The largest absolute Gasteiger partial charge is 0.353 e. The Kier molecular flexibility index (Phi) is 2.84. The van der Waals surface area contributed by atoms with E-state index in [2.05, 4.69) is 29.0 Å². The fourth-order valence-corrected chi connectivity index (χ4v) is 4.70. The molecular weight excluding hydrogens is 310 g/mol. The number of hydrogen-bond acceptors (Lipinski definition) is 4. The summed E-state index contributed by atoms with van der Waals surface area (Å²) in [5.41, 5.74) is 4.40. The third kappa shape index (κ3) is 1.98. The number of benzene rings is 1. The van der Waals surface area contributed by atoms with E-state index in [9.17, 15) is 9.70 Å². The minimum Gasteiger partial charge on any atom is -0.353 e. The summed E-state index contributed by atoms with van der Waals surface area (Å²) in [4.78, 5) is 31.6. The van der Waals surface area contributed by atoms with E-state index in [0.717, 1.165) is 39.3 Å². The van der Waals surface area contributed by atoms with E-state index in [-0.39, 0.29) is 5.41 Å². The van der Waals surface area contributed by atoms with Gasteiger partial charge in [0.05, 0.1) is 10.7 Å². The molecule has 0 saturated heterocycles. The summed E-state index contributed by atoms with van der Waals surface area (Å²) in [6, 6.07) is 5.23. The van der Waals surface area contributed by atoms with Crippen molar-refractivity contribution in [3.8, 4) is 11.4 Å². The number of H-pyrrole nitrogens is 1. The number of hydrogen-bond donors (Lipinski definition) is 1. The molecule has 6 heteroatoms. The van der Waals surface area contributed by atoms with Crippen LogP contribution in [0.3, 0.4) is 0 Å². The van der Waals surface area contributed by atoms with Crippen LogP contribution in [0.5, 0.6) is 0 Å². The average molecular weight is 325 g/mol. The van der Waals surface area contributed by atoms with Crippen molar-refractivity contribution in [2.45, 2.75) is 32.6 Å². The number of nitrogens with one attached hydrogen (secondary N) is 1. The molecule has 0 fully saturated rings. The Balaban J connectivity index is 2.06. The van der Waals surface area contributed by atoms with Crippen molar-refractivity contribution >= 4 is 28.1 Å². The second-order valence-electron chi connectivity index (χ2n) is 6.60. The Morgan fingerprint density at radius 2 is 2.17 bits per heavy atom. The van der Waals surface area contributed by atoms with Gasteiger partial charge in [-0.25, -0.2) is 4.98 Å². The molecule has 1 aromatic carbocycles. The first-order chi connectivity index (χ1) is 10.9. The van der Waals surface area contributed by atoms with Crippen LogP contribution in [-0.4, -0.2) is 15.9 Å². The van der Waals surface area contributed by atoms with E-state index in [4.69, 9.17) is 0 Å². The molecule has 23 heavy (non-hydrogen) atoms. The van der Waals surface area contributed by atoms with Crippen LogP contribution in [0.25, 0.3) is 22.3 Å². The number of carbonyl (C=O) groups excluding carboxylic acids is 1. The molecule has 2 heterocycles. The van der Waals surface area contributed by atoms with Gasteiger partial charge in [0, 0.05) is 26.5 Å². The highest BCUT2D eigenvalue weighted by Crippen LogP contribution is 2.47. The van der Waals surface area contributed by atoms with Crippen molar-refractivity contribution in [3.05, 3.63) is 44.1 Å². The third-order valence-corrected chi connectivity index (χ3v) is 5.42. The first kappa shape index (κ1) is 14.3. The summed E-state index contributed by atoms with van der Waals surface area (Å²) in [5, 5.41) is 4.55. The van der Waals surface area contributed by atoms with Crippen LogP contribution in [0, 0.1) is 11.8 Å². The molecule has 1 amide bonds. The van der Waals surface area contributed by atoms with E-state index >= 15 is 0 Å². The molecule has 0 spiro atoms. The Bertz CT molecular complexity index is 981. The number of aryl methyl sites for hydroxylation is 1. The molecule has 1 aliphatic rings. The number of nitrogens with zero attached hydrogens (tertiary/aromatic N) is 2. The lowest BCUT2D eigenvalue weighted by Crippen LogP contribution is -2.24. The number of aromatic nitrogens is 2. The monoisotopic (exact) mass is 325 g/mol. The van der Waals surface area contributed by atoms with Crippen molar-refractivity contribution in [1.82, 2.24) is 9.97 Å². The number of aromatic amines is 1. The van der Waals surface area contributed by atoms with E-state index in [1.54, 1.807) is 23.5 Å². The van der Waals surface area contributed by atoms with Gasteiger partial charge in [-0.1, -0.05) is 13.8 Å². The van der Waals surface area contributed by atoms with E-state index < -0.39 is 5.91 Å². The van der Waals surface area contributed by atoms with Gasteiger partial charge in [-0.15, -0.1) is 16.2 Å². The summed E-state index contributed by atoms with van der Waals surface area (Å²) in [7, 11) is 0. The Morgan fingerprint density at radius 3 is 2.91 bits per heavy atom. The summed E-state index contributed by atoms with van der Waals surface area (Å²) < 4.78 is 0. The molecule has 0 saturated carbocycles. The van der Waals surface area contributed by atoms with Gasteiger partial charge >= 0.3 is 5.91 Å². The molecular formula is C17H15N3O2S. The normalized spacial score (nSPS) is 15.3. The Morgan fingerprint density at radius 1 is 1.39 bits per heavy atom. The topological polar surface area (TPSA) is 75.2 Å². The lowest BCUT2D eigenvalue weighted by molar-refractivity contribution is 0.100. The molecule has 5 nitrogen and oxygen atoms in total. The molecule has 1 aliphatic carbocycles. The zero-order valence-electron chi connectivity index (χ0n) is 13.1. The van der Waals surface area contributed by atoms with Crippen LogP contribution in [-0.2, 0) is 11.8 Å². The van der Waals surface area contributed by atoms with Crippen molar-refractivity contribution in [2.75, 3.05) is 0 Å². The summed E-state index contributed by atoms with van der Waals surface area (Å²) in [5.74, 6) is -0.736. The van der Waals surface area contributed by atoms with Crippen LogP contribution in [0.2, 0.25) is 0 Å². The fourth-order valence-electron chi connectivity index (χ4n) is 3.53. The highest BCUT2D eigenvalue weighted by atomic mass is 32.1. The standard InChI is InChI=1S/C17H15N3O2S/c1-8-18-14-12(23-8)7-17(2,3)13-10-6-9(16(21)20-22)4-5-11(10)19-15(13)14/h4-6,19H,7H2,1-3H3. The molecule has 0 radical (unpaired) electrons. The van der Waals surface area contributed by atoms with E-state index in [1.807, 2.05) is 13.0 Å². The maximum absolute atomic E-state index is 11.6. The second kappa shape index (κ2) is 4.58. The zero-order valence-corrected chi connectivity index (χ0v) is 13.9. The summed E-state index contributed by atoms with van der Waals surface area (Å²) in [6.07, 6.45) is 0.915. The molecule has 0 bridgehead atoms. The maximum atomic E-state index is 11.6. The molecule has 0 atom stereocenters. The van der Waals surface area contributed by atoms with Gasteiger partial charge in [0.25, 0.3) is 0 Å². The third-order valence-electron chi connectivity index (χ3n) is 4.45. The molecule has 4 rings (SSSR count). The minimum absolute atomic E-state index is 0.0736. The predicted octanol–water partition coefficient (Wildman–Crippen LogP) is 4.34. The minimum atomic E-state index is -0.736. The molecule has 2 aromatic heterocycles. The van der Waals surface area contributed by atoms with Crippen LogP contribution in [0.15, 0.2) is 23.4 Å². The molecule has 0 aliphatic heterocycles. The SMILES string of the molecule is Cc1nc2c(s1)CC(C)(C)c1c-2[nH]c2ccc(C(=O)N=O)cc12. The maximum Gasteiger partial charge on any atom is 0.316 e. The first-order valence-electron chi connectivity index (χ1n) is 7.41. The number of thiazole rings is 1. The average Bonchev–Trinajstić information content (AvgIpc) is 3.05. The molecule has 1 N–H and O–H groups in total. The van der Waals surface area contributed by atoms with Gasteiger partial charge in [-0.3, -0.25) is 4.79 Å². The van der Waals surface area contributed by atoms with Crippen molar-refractivity contribution < 1.29 is 4.79 Å². The number of fused-ring (bicyclic) bond motifs is 5. The fraction of sp³-hybridized carbons (Fsp3) is 0.294. The lowest BCUT2D eigenvalue weighted by Gasteiger charge is -2.29. The number of carbonyl (C=O) groups is 1. The van der Waals surface area contributed by atoms with Crippen LogP contribution < -0.4 is 0 Å². The molecule has 116 valence electrons.